The number of unbranched alkanes of at least 4 members (excludes halogenated alkanes) is 1. The molecule has 2 atom stereocenters. The molecule has 34 heavy (non-hydrogen) atoms. The van der Waals surface area contributed by atoms with Gasteiger partial charge in [-0.2, -0.15) is 0 Å². The molecule has 4 rings (SSSR count). The number of ether oxygens (including phenoxy) is 1. The summed E-state index contributed by atoms with van der Waals surface area (Å²) in [7, 11) is 0. The van der Waals surface area contributed by atoms with Crippen molar-refractivity contribution in [1.29, 1.82) is 0 Å². The van der Waals surface area contributed by atoms with Gasteiger partial charge in [-0.05, 0) is 60.9 Å². The van der Waals surface area contributed by atoms with Gasteiger partial charge in [0.05, 0.1) is 12.7 Å². The van der Waals surface area contributed by atoms with Crippen LogP contribution in [-0.4, -0.2) is 6.61 Å². The minimum atomic E-state index is -0.832. The van der Waals surface area contributed by atoms with Gasteiger partial charge in [-0.25, -0.2) is 13.2 Å². The molecule has 0 spiro atoms. The average molecular weight is 465 g/mol. The topological polar surface area (TPSA) is 9.23 Å². The monoisotopic (exact) mass is 464 g/mol. The summed E-state index contributed by atoms with van der Waals surface area (Å²) in [5.74, 6) is -1.50. The summed E-state index contributed by atoms with van der Waals surface area (Å²) >= 11 is 0. The molecule has 3 aromatic rings. The lowest BCUT2D eigenvalue weighted by molar-refractivity contribution is -0.00538. The third-order valence-corrected chi connectivity index (χ3v) is 6.61. The van der Waals surface area contributed by atoms with Crippen LogP contribution in [0.2, 0.25) is 0 Å². The normalized spacial score (nSPS) is 18.5. The molecule has 1 saturated heterocycles. The smallest absolute Gasteiger partial charge is 0.166 e. The van der Waals surface area contributed by atoms with E-state index < -0.39 is 11.6 Å². The molecule has 1 aliphatic rings. The third-order valence-electron chi connectivity index (χ3n) is 6.61. The molecule has 1 aliphatic heterocycles. The molecule has 0 bridgehead atoms. The summed E-state index contributed by atoms with van der Waals surface area (Å²) in [6.45, 7) is 4.67. The van der Waals surface area contributed by atoms with Gasteiger partial charge in [-0.1, -0.05) is 74.0 Å². The van der Waals surface area contributed by atoms with E-state index in [-0.39, 0.29) is 17.5 Å². The second kappa shape index (κ2) is 11.1. The fourth-order valence-electron chi connectivity index (χ4n) is 4.63. The van der Waals surface area contributed by atoms with Crippen molar-refractivity contribution in [3.8, 4) is 22.3 Å². The van der Waals surface area contributed by atoms with Gasteiger partial charge < -0.3 is 4.74 Å². The predicted molar refractivity (Wildman–Crippen MR) is 132 cm³/mol. The molecule has 0 aromatic heterocycles. The molecule has 0 radical (unpaired) electrons. The number of benzene rings is 3. The van der Waals surface area contributed by atoms with Gasteiger partial charge in [0.1, 0.15) is 5.82 Å². The highest BCUT2D eigenvalue weighted by atomic mass is 19.2. The average Bonchev–Trinajstić information content (AvgIpc) is 2.86. The zero-order chi connectivity index (χ0) is 24.1. The Balaban J connectivity index is 1.51. The first kappa shape index (κ1) is 24.3. The maximum atomic E-state index is 15.0. The van der Waals surface area contributed by atoms with E-state index in [9.17, 15) is 13.2 Å². The Bertz CT molecular complexity index is 1140. The summed E-state index contributed by atoms with van der Waals surface area (Å²) in [5, 5.41) is 0. The van der Waals surface area contributed by atoms with Gasteiger partial charge >= 0.3 is 0 Å². The Morgan fingerprint density at radius 2 is 1.59 bits per heavy atom. The molecule has 1 fully saturated rings. The number of hydrogen-bond acceptors (Lipinski definition) is 1. The molecular formula is C30H31F3O. The van der Waals surface area contributed by atoms with Gasteiger partial charge in [-0.3, -0.25) is 0 Å². The van der Waals surface area contributed by atoms with E-state index >= 15 is 0 Å². The molecule has 4 heteroatoms. The largest absolute Gasteiger partial charge is 0.373 e. The Labute approximate surface area is 200 Å². The first-order chi connectivity index (χ1) is 16.5. The van der Waals surface area contributed by atoms with Gasteiger partial charge in [0.2, 0.25) is 0 Å². The van der Waals surface area contributed by atoms with Crippen LogP contribution in [-0.2, 0) is 11.2 Å². The number of rotatable bonds is 7. The molecule has 3 aromatic carbocycles. The molecule has 0 saturated carbocycles. The van der Waals surface area contributed by atoms with Crippen molar-refractivity contribution in [2.75, 3.05) is 6.61 Å². The summed E-state index contributed by atoms with van der Waals surface area (Å²) in [6.07, 6.45) is 8.26. The van der Waals surface area contributed by atoms with Crippen LogP contribution in [0.5, 0.6) is 0 Å². The van der Waals surface area contributed by atoms with Gasteiger partial charge in [0.25, 0.3) is 0 Å². The second-order valence-electron chi connectivity index (χ2n) is 9.01. The molecule has 0 aliphatic carbocycles. The fraction of sp³-hybridized carbons (Fsp3) is 0.333. The Morgan fingerprint density at radius 1 is 0.882 bits per heavy atom. The fourth-order valence-corrected chi connectivity index (χ4v) is 4.63. The van der Waals surface area contributed by atoms with Crippen LogP contribution in [0.4, 0.5) is 13.2 Å². The zero-order valence-corrected chi connectivity index (χ0v) is 19.8. The van der Waals surface area contributed by atoms with Crippen molar-refractivity contribution in [3.05, 3.63) is 95.3 Å². The minimum absolute atomic E-state index is 0.0920. The van der Waals surface area contributed by atoms with Crippen molar-refractivity contribution in [3.63, 3.8) is 0 Å². The second-order valence-corrected chi connectivity index (χ2v) is 9.01. The molecule has 0 amide bonds. The Kier molecular flexibility index (Phi) is 7.89. The molecule has 2 unspecified atom stereocenters. The van der Waals surface area contributed by atoms with Crippen molar-refractivity contribution >= 4 is 0 Å². The van der Waals surface area contributed by atoms with Crippen LogP contribution >= 0.6 is 0 Å². The molecular weight excluding hydrogens is 433 g/mol. The van der Waals surface area contributed by atoms with E-state index in [4.69, 9.17) is 4.74 Å². The Hall–Kier alpha value is -2.85. The summed E-state index contributed by atoms with van der Waals surface area (Å²) < 4.78 is 50.1. The van der Waals surface area contributed by atoms with Crippen LogP contribution in [0.1, 0.15) is 56.8 Å². The standard InChI is InChI=1S/C30H31F3O/c1-3-5-7-23-13-16-26(30(33)29(23)32)22-11-9-21(10-12-22)25-15-14-24(18-27(25)31)28-17-8-20(6-4-2)19-34-28/h4,6,9-16,18,20,28H,3,5,7-8,17,19H2,1-2H3/b6-4+. The predicted octanol–water partition coefficient (Wildman–Crippen LogP) is 8.82. The number of hydrogen-bond donors (Lipinski definition) is 0. The highest BCUT2D eigenvalue weighted by molar-refractivity contribution is 5.71. The zero-order valence-electron chi connectivity index (χ0n) is 19.8. The summed E-state index contributed by atoms with van der Waals surface area (Å²) in [5.41, 5.74) is 3.18. The summed E-state index contributed by atoms with van der Waals surface area (Å²) in [6, 6.07) is 15.4. The van der Waals surface area contributed by atoms with E-state index in [1.165, 1.54) is 0 Å². The maximum absolute atomic E-state index is 15.0. The SMILES string of the molecule is C/C=C/C1CCC(c2ccc(-c3ccc(-c4ccc(CCCC)c(F)c4F)cc3)c(F)c2)OC1. The lowest BCUT2D eigenvalue weighted by Crippen LogP contribution is -2.19. The minimum Gasteiger partial charge on any atom is -0.373 e. The van der Waals surface area contributed by atoms with Crippen LogP contribution in [0, 0.1) is 23.4 Å². The Morgan fingerprint density at radius 3 is 2.21 bits per heavy atom. The van der Waals surface area contributed by atoms with Gasteiger partial charge in [0.15, 0.2) is 11.6 Å². The van der Waals surface area contributed by atoms with E-state index in [2.05, 4.69) is 6.08 Å². The lowest BCUT2D eigenvalue weighted by Gasteiger charge is -2.28. The van der Waals surface area contributed by atoms with Crippen LogP contribution < -0.4 is 0 Å². The highest BCUT2D eigenvalue weighted by Crippen LogP contribution is 2.34. The molecule has 1 heterocycles. The van der Waals surface area contributed by atoms with Crippen LogP contribution in [0.3, 0.4) is 0 Å². The highest BCUT2D eigenvalue weighted by Gasteiger charge is 2.22. The van der Waals surface area contributed by atoms with Gasteiger partial charge in [-0.15, -0.1) is 0 Å². The third kappa shape index (κ3) is 5.28. The van der Waals surface area contributed by atoms with Crippen LogP contribution in [0.25, 0.3) is 22.3 Å². The molecule has 178 valence electrons. The maximum Gasteiger partial charge on any atom is 0.166 e. The van der Waals surface area contributed by atoms with E-state index in [1.54, 1.807) is 48.5 Å². The number of aryl methyl sites for hydroxylation is 1. The van der Waals surface area contributed by atoms with Crippen molar-refractivity contribution < 1.29 is 17.9 Å². The lowest BCUT2D eigenvalue weighted by atomic mass is 9.93. The number of allylic oxidation sites excluding steroid dienone is 1. The number of halogens is 3. The van der Waals surface area contributed by atoms with E-state index in [0.29, 0.717) is 41.2 Å². The van der Waals surface area contributed by atoms with Crippen molar-refractivity contribution in [2.45, 2.75) is 52.1 Å². The van der Waals surface area contributed by atoms with E-state index in [0.717, 1.165) is 31.2 Å². The first-order valence-electron chi connectivity index (χ1n) is 12.1. The first-order valence-corrected chi connectivity index (χ1v) is 12.1. The van der Waals surface area contributed by atoms with Gasteiger partial charge in [0, 0.05) is 17.0 Å². The molecule has 1 nitrogen and oxygen atoms in total. The molecule has 0 N–H and O–H groups in total. The summed E-state index contributed by atoms with van der Waals surface area (Å²) in [4.78, 5) is 0. The van der Waals surface area contributed by atoms with Crippen molar-refractivity contribution in [1.82, 2.24) is 0 Å². The quantitative estimate of drug-likeness (QED) is 0.317. The van der Waals surface area contributed by atoms with Crippen LogP contribution in [0.15, 0.2) is 66.7 Å². The van der Waals surface area contributed by atoms with E-state index in [1.807, 2.05) is 26.0 Å². The van der Waals surface area contributed by atoms with Crippen molar-refractivity contribution in [2.24, 2.45) is 5.92 Å².